The lowest BCUT2D eigenvalue weighted by molar-refractivity contribution is -0.121. The van der Waals surface area contributed by atoms with E-state index in [2.05, 4.69) is 20.6 Å². The molecule has 3 heterocycles. The first-order valence-corrected chi connectivity index (χ1v) is 11.3. The first-order chi connectivity index (χ1) is 12.7. The van der Waals surface area contributed by atoms with Crippen LogP contribution in [0.2, 0.25) is 0 Å². The quantitative estimate of drug-likeness (QED) is 0.654. The molecular weight excluding hydrogens is 368 g/mol. The largest absolute Gasteiger partial charge is 0.352 e. The SMILES string of the molecule is O=C(CCSCc1nc2sc3c(c2c(=O)[nH]1)CCC3)NC1CCCNC1. The number of fused-ring (bicyclic) bond motifs is 3. The van der Waals surface area contributed by atoms with E-state index in [1.54, 1.807) is 23.1 Å². The molecule has 0 bridgehead atoms. The Morgan fingerprint density at radius 2 is 2.27 bits per heavy atom. The van der Waals surface area contributed by atoms with Gasteiger partial charge < -0.3 is 15.6 Å². The van der Waals surface area contributed by atoms with Gasteiger partial charge in [-0.3, -0.25) is 9.59 Å². The number of aryl methyl sites for hydroxylation is 2. The number of H-pyrrole nitrogens is 1. The van der Waals surface area contributed by atoms with Crippen LogP contribution in [-0.4, -0.2) is 40.8 Å². The van der Waals surface area contributed by atoms with Gasteiger partial charge in [0.15, 0.2) is 0 Å². The lowest BCUT2D eigenvalue weighted by Gasteiger charge is -2.23. The van der Waals surface area contributed by atoms with E-state index in [0.29, 0.717) is 18.0 Å². The third kappa shape index (κ3) is 3.97. The average molecular weight is 393 g/mol. The molecule has 1 atom stereocenters. The van der Waals surface area contributed by atoms with Crippen molar-refractivity contribution in [1.82, 2.24) is 20.6 Å². The van der Waals surface area contributed by atoms with Crippen LogP contribution in [0.4, 0.5) is 0 Å². The fourth-order valence-electron chi connectivity index (χ4n) is 3.72. The Morgan fingerprint density at radius 1 is 1.35 bits per heavy atom. The molecule has 1 aliphatic carbocycles. The zero-order valence-electron chi connectivity index (χ0n) is 14.7. The summed E-state index contributed by atoms with van der Waals surface area (Å²) in [6.45, 7) is 1.92. The highest BCUT2D eigenvalue weighted by atomic mass is 32.2. The van der Waals surface area contributed by atoms with Crippen molar-refractivity contribution < 1.29 is 4.79 Å². The van der Waals surface area contributed by atoms with Gasteiger partial charge in [0, 0.05) is 29.6 Å². The van der Waals surface area contributed by atoms with Crippen LogP contribution < -0.4 is 16.2 Å². The first-order valence-electron chi connectivity index (χ1n) is 9.32. The second-order valence-electron chi connectivity index (χ2n) is 6.96. The highest BCUT2D eigenvalue weighted by Gasteiger charge is 2.21. The molecule has 8 heteroatoms. The van der Waals surface area contributed by atoms with Gasteiger partial charge in [0.05, 0.1) is 11.1 Å². The molecule has 0 radical (unpaired) electrons. The Kier molecular flexibility index (Phi) is 5.61. The van der Waals surface area contributed by atoms with Crippen LogP contribution in [0, 0.1) is 0 Å². The predicted octanol–water partition coefficient (Wildman–Crippen LogP) is 1.96. The van der Waals surface area contributed by atoms with Gasteiger partial charge in [-0.2, -0.15) is 11.8 Å². The summed E-state index contributed by atoms with van der Waals surface area (Å²) in [5.74, 6) is 2.18. The summed E-state index contributed by atoms with van der Waals surface area (Å²) in [6.07, 6.45) is 5.90. The van der Waals surface area contributed by atoms with E-state index >= 15 is 0 Å². The summed E-state index contributed by atoms with van der Waals surface area (Å²) in [4.78, 5) is 34.2. The minimum atomic E-state index is -0.00691. The second kappa shape index (κ2) is 8.10. The zero-order valence-corrected chi connectivity index (χ0v) is 16.4. The molecule has 2 aromatic heterocycles. The molecule has 4 rings (SSSR count). The van der Waals surface area contributed by atoms with Crippen molar-refractivity contribution in [3.05, 3.63) is 26.6 Å². The Morgan fingerprint density at radius 3 is 3.12 bits per heavy atom. The molecule has 26 heavy (non-hydrogen) atoms. The molecule has 0 saturated carbocycles. The molecule has 2 aliphatic rings. The van der Waals surface area contributed by atoms with Crippen molar-refractivity contribution in [2.45, 2.75) is 50.3 Å². The molecular formula is C18H24N4O2S2. The molecule has 1 aliphatic heterocycles. The van der Waals surface area contributed by atoms with E-state index in [1.165, 1.54) is 10.4 Å². The van der Waals surface area contributed by atoms with Gasteiger partial charge in [-0.05, 0) is 44.2 Å². The van der Waals surface area contributed by atoms with Gasteiger partial charge in [-0.1, -0.05) is 0 Å². The van der Waals surface area contributed by atoms with Crippen molar-refractivity contribution >= 4 is 39.2 Å². The van der Waals surface area contributed by atoms with E-state index in [0.717, 1.165) is 61.2 Å². The number of thiophene rings is 1. The van der Waals surface area contributed by atoms with Crippen LogP contribution in [0.1, 0.15) is 41.9 Å². The first kappa shape index (κ1) is 18.0. The number of carbonyl (C=O) groups excluding carboxylic acids is 1. The number of rotatable bonds is 6. The number of thioether (sulfide) groups is 1. The normalized spacial score (nSPS) is 19.6. The number of aromatic amines is 1. The van der Waals surface area contributed by atoms with E-state index in [-0.39, 0.29) is 17.5 Å². The van der Waals surface area contributed by atoms with Gasteiger partial charge in [0.2, 0.25) is 5.91 Å². The molecule has 6 nitrogen and oxygen atoms in total. The maximum Gasteiger partial charge on any atom is 0.259 e. The molecule has 1 fully saturated rings. The van der Waals surface area contributed by atoms with E-state index in [9.17, 15) is 9.59 Å². The van der Waals surface area contributed by atoms with Gasteiger partial charge in [-0.15, -0.1) is 11.3 Å². The number of nitrogens with zero attached hydrogens (tertiary/aromatic N) is 1. The molecule has 0 spiro atoms. The molecule has 2 aromatic rings. The number of aromatic nitrogens is 2. The minimum Gasteiger partial charge on any atom is -0.352 e. The number of carbonyl (C=O) groups is 1. The summed E-state index contributed by atoms with van der Waals surface area (Å²) in [5.41, 5.74) is 1.21. The van der Waals surface area contributed by atoms with Crippen molar-refractivity contribution in [2.24, 2.45) is 0 Å². The summed E-state index contributed by atoms with van der Waals surface area (Å²) < 4.78 is 0. The van der Waals surface area contributed by atoms with Crippen molar-refractivity contribution in [1.29, 1.82) is 0 Å². The second-order valence-corrected chi connectivity index (χ2v) is 9.15. The van der Waals surface area contributed by atoms with Crippen molar-refractivity contribution in [3.63, 3.8) is 0 Å². The van der Waals surface area contributed by atoms with Crippen molar-refractivity contribution in [3.8, 4) is 0 Å². The van der Waals surface area contributed by atoms with Crippen LogP contribution in [0.25, 0.3) is 10.2 Å². The van der Waals surface area contributed by atoms with E-state index in [4.69, 9.17) is 0 Å². The Bertz CT molecular complexity index is 855. The average Bonchev–Trinajstić information content (AvgIpc) is 3.20. The number of hydrogen-bond acceptors (Lipinski definition) is 6. The smallest absolute Gasteiger partial charge is 0.259 e. The molecule has 140 valence electrons. The molecule has 1 saturated heterocycles. The topological polar surface area (TPSA) is 86.9 Å². The summed E-state index contributed by atoms with van der Waals surface area (Å²) in [5, 5.41) is 7.19. The molecule has 1 amide bonds. The predicted molar refractivity (Wildman–Crippen MR) is 107 cm³/mol. The lowest BCUT2D eigenvalue weighted by Crippen LogP contribution is -2.45. The van der Waals surface area contributed by atoms with Crippen LogP contribution in [0.15, 0.2) is 4.79 Å². The Labute approximate surface area is 160 Å². The Balaban J connectivity index is 1.28. The molecule has 1 unspecified atom stereocenters. The van der Waals surface area contributed by atoms with Crippen LogP contribution in [0.5, 0.6) is 0 Å². The summed E-state index contributed by atoms with van der Waals surface area (Å²) in [6, 6.07) is 0.266. The van der Waals surface area contributed by atoms with E-state index in [1.807, 2.05) is 0 Å². The highest BCUT2D eigenvalue weighted by molar-refractivity contribution is 7.98. The molecule has 0 aromatic carbocycles. The van der Waals surface area contributed by atoms with Gasteiger partial charge in [-0.25, -0.2) is 4.98 Å². The third-order valence-corrected chi connectivity index (χ3v) is 7.15. The van der Waals surface area contributed by atoms with Crippen LogP contribution in [-0.2, 0) is 23.4 Å². The van der Waals surface area contributed by atoms with Gasteiger partial charge in [0.25, 0.3) is 5.56 Å². The number of nitrogens with one attached hydrogen (secondary N) is 3. The fourth-order valence-corrected chi connectivity index (χ4v) is 5.81. The summed E-state index contributed by atoms with van der Waals surface area (Å²) >= 11 is 3.31. The lowest BCUT2D eigenvalue weighted by atomic mass is 10.1. The molecule has 3 N–H and O–H groups in total. The van der Waals surface area contributed by atoms with Crippen LogP contribution in [0.3, 0.4) is 0 Å². The fraction of sp³-hybridized carbons (Fsp3) is 0.611. The van der Waals surface area contributed by atoms with Gasteiger partial charge in [0.1, 0.15) is 10.7 Å². The van der Waals surface area contributed by atoms with Crippen molar-refractivity contribution in [2.75, 3.05) is 18.8 Å². The minimum absolute atomic E-state index is 0.00691. The van der Waals surface area contributed by atoms with Gasteiger partial charge >= 0.3 is 0 Å². The number of hydrogen-bond donors (Lipinski definition) is 3. The standard InChI is InChI=1S/C18H24N4O2S2/c23-15(20-11-3-2-7-19-9-11)6-8-25-10-14-21-17(24)16-12-4-1-5-13(12)26-18(16)22-14/h11,19H,1-10H2,(H,20,23)(H,21,22,24). The van der Waals surface area contributed by atoms with E-state index < -0.39 is 0 Å². The summed E-state index contributed by atoms with van der Waals surface area (Å²) in [7, 11) is 0. The number of amides is 1. The number of piperidine rings is 1. The third-order valence-electron chi connectivity index (χ3n) is 5.00. The maximum absolute atomic E-state index is 12.4. The van der Waals surface area contributed by atoms with Crippen LogP contribution >= 0.6 is 23.1 Å². The zero-order chi connectivity index (χ0) is 17.9. The monoisotopic (exact) mass is 392 g/mol. The highest BCUT2D eigenvalue weighted by Crippen LogP contribution is 2.34. The maximum atomic E-state index is 12.4. The Hall–Kier alpha value is -1.38.